The molecule has 1 amide bonds. The van der Waals surface area contributed by atoms with Crippen LogP contribution in [0.1, 0.15) is 17.0 Å². The van der Waals surface area contributed by atoms with Gasteiger partial charge in [0.15, 0.2) is 5.13 Å². The first-order valence-corrected chi connectivity index (χ1v) is 6.56. The van der Waals surface area contributed by atoms with Gasteiger partial charge in [-0.3, -0.25) is 14.5 Å². The van der Waals surface area contributed by atoms with Gasteiger partial charge in [-0.15, -0.1) is 0 Å². The first-order valence-electron chi connectivity index (χ1n) is 5.74. The Morgan fingerprint density at radius 3 is 3.06 bits per heavy atom. The van der Waals surface area contributed by atoms with Gasteiger partial charge in [0.05, 0.1) is 29.7 Å². The molecule has 1 aromatic heterocycles. The number of carbonyl (C=O) groups is 2. The van der Waals surface area contributed by atoms with E-state index in [0.717, 1.165) is 17.0 Å². The van der Waals surface area contributed by atoms with Gasteiger partial charge in [-0.05, 0) is 0 Å². The summed E-state index contributed by atoms with van der Waals surface area (Å²) < 4.78 is 5.33. The molecule has 3 rings (SSSR count). The molecule has 1 unspecified atom stereocenters. The lowest BCUT2D eigenvalue weighted by atomic mass is 10.1. The van der Waals surface area contributed by atoms with Crippen LogP contribution in [-0.2, 0) is 27.4 Å². The summed E-state index contributed by atoms with van der Waals surface area (Å²) in [7, 11) is 0. The molecule has 7 heteroatoms. The number of carboxylic acid groups (broad SMARTS) is 1. The van der Waals surface area contributed by atoms with E-state index in [2.05, 4.69) is 4.98 Å². The SMILES string of the molecule is O=C(O)C1CC(=O)N(c2nc3c(s2)COCC3)C1. The van der Waals surface area contributed by atoms with E-state index in [0.29, 0.717) is 18.3 Å². The maximum atomic E-state index is 11.8. The average Bonchev–Trinajstić information content (AvgIpc) is 2.91. The van der Waals surface area contributed by atoms with E-state index in [-0.39, 0.29) is 18.9 Å². The van der Waals surface area contributed by atoms with Crippen LogP contribution in [0.5, 0.6) is 0 Å². The van der Waals surface area contributed by atoms with Gasteiger partial charge in [0.1, 0.15) is 0 Å². The summed E-state index contributed by atoms with van der Waals surface area (Å²) in [5.41, 5.74) is 0.979. The molecule has 96 valence electrons. The summed E-state index contributed by atoms with van der Waals surface area (Å²) in [4.78, 5) is 29.7. The number of carboxylic acids is 1. The number of anilines is 1. The van der Waals surface area contributed by atoms with Gasteiger partial charge < -0.3 is 9.84 Å². The first-order chi connectivity index (χ1) is 8.65. The quantitative estimate of drug-likeness (QED) is 0.852. The van der Waals surface area contributed by atoms with E-state index >= 15 is 0 Å². The molecule has 3 heterocycles. The van der Waals surface area contributed by atoms with Crippen molar-refractivity contribution in [2.75, 3.05) is 18.1 Å². The second-order valence-electron chi connectivity index (χ2n) is 4.41. The van der Waals surface area contributed by atoms with Gasteiger partial charge in [0, 0.05) is 19.4 Å². The third-order valence-electron chi connectivity index (χ3n) is 3.19. The number of carbonyl (C=O) groups excluding carboxylic acids is 1. The number of aromatic nitrogens is 1. The summed E-state index contributed by atoms with van der Waals surface area (Å²) in [5.74, 6) is -1.69. The highest BCUT2D eigenvalue weighted by Crippen LogP contribution is 2.33. The van der Waals surface area contributed by atoms with Crippen LogP contribution in [0.3, 0.4) is 0 Å². The average molecular weight is 268 g/mol. The van der Waals surface area contributed by atoms with Crippen LogP contribution in [0, 0.1) is 5.92 Å². The fraction of sp³-hybridized carbons (Fsp3) is 0.545. The van der Waals surface area contributed by atoms with Crippen LogP contribution >= 0.6 is 11.3 Å². The minimum absolute atomic E-state index is 0.0656. The number of fused-ring (bicyclic) bond motifs is 1. The smallest absolute Gasteiger partial charge is 0.308 e. The number of amides is 1. The minimum Gasteiger partial charge on any atom is -0.481 e. The zero-order valence-electron chi connectivity index (χ0n) is 9.59. The molecule has 18 heavy (non-hydrogen) atoms. The molecule has 1 atom stereocenters. The van der Waals surface area contributed by atoms with Crippen LogP contribution < -0.4 is 4.90 Å². The van der Waals surface area contributed by atoms with Gasteiger partial charge >= 0.3 is 5.97 Å². The Kier molecular flexibility index (Phi) is 2.79. The Hall–Kier alpha value is -1.47. The van der Waals surface area contributed by atoms with E-state index in [4.69, 9.17) is 9.84 Å². The largest absolute Gasteiger partial charge is 0.481 e. The molecule has 0 spiro atoms. The fourth-order valence-corrected chi connectivity index (χ4v) is 3.26. The minimum atomic E-state index is -0.921. The van der Waals surface area contributed by atoms with E-state index in [1.54, 1.807) is 0 Å². The highest BCUT2D eigenvalue weighted by atomic mass is 32.1. The zero-order chi connectivity index (χ0) is 12.7. The van der Waals surface area contributed by atoms with Crippen LogP contribution in [-0.4, -0.2) is 35.1 Å². The summed E-state index contributed by atoms with van der Waals surface area (Å²) in [6.07, 6.45) is 0.826. The first kappa shape index (κ1) is 11.6. The maximum absolute atomic E-state index is 11.8. The third kappa shape index (κ3) is 1.89. The van der Waals surface area contributed by atoms with Crippen LogP contribution in [0.4, 0.5) is 5.13 Å². The normalized spacial score (nSPS) is 23.2. The lowest BCUT2D eigenvalue weighted by molar-refractivity contribution is -0.141. The molecule has 6 nitrogen and oxygen atoms in total. The molecule has 0 aromatic carbocycles. The predicted octanol–water partition coefficient (Wildman–Crippen LogP) is 0.653. The molecular formula is C11H12N2O4S. The fourth-order valence-electron chi connectivity index (χ4n) is 2.18. The van der Waals surface area contributed by atoms with Crippen LogP contribution in [0.2, 0.25) is 0 Å². The van der Waals surface area contributed by atoms with Crippen molar-refractivity contribution in [3.05, 3.63) is 10.6 Å². The number of hydrogen-bond acceptors (Lipinski definition) is 5. The van der Waals surface area contributed by atoms with E-state index in [9.17, 15) is 9.59 Å². The highest BCUT2D eigenvalue weighted by molar-refractivity contribution is 7.15. The Morgan fingerprint density at radius 1 is 1.56 bits per heavy atom. The number of thiazole rings is 1. The van der Waals surface area contributed by atoms with Crippen molar-refractivity contribution in [1.29, 1.82) is 0 Å². The van der Waals surface area contributed by atoms with E-state index < -0.39 is 11.9 Å². The van der Waals surface area contributed by atoms with Gasteiger partial charge in [-0.1, -0.05) is 11.3 Å². The Labute approximate surface area is 107 Å². The summed E-state index contributed by atoms with van der Waals surface area (Å²) in [5, 5.41) is 9.55. The van der Waals surface area contributed by atoms with Crippen molar-refractivity contribution in [3.63, 3.8) is 0 Å². The standard InChI is InChI=1S/C11H12N2O4S/c14-9-3-6(10(15)16)4-13(9)11-12-7-1-2-17-5-8(7)18-11/h6H,1-5H2,(H,15,16). The molecule has 2 aliphatic rings. The molecule has 1 fully saturated rings. The molecule has 0 radical (unpaired) electrons. The van der Waals surface area contributed by atoms with Crippen molar-refractivity contribution in [2.24, 2.45) is 5.92 Å². The van der Waals surface area contributed by atoms with Gasteiger partial charge in [0.25, 0.3) is 0 Å². The monoisotopic (exact) mass is 268 g/mol. The van der Waals surface area contributed by atoms with E-state index in [1.165, 1.54) is 16.2 Å². The molecule has 1 saturated heterocycles. The third-order valence-corrected chi connectivity index (χ3v) is 4.28. The van der Waals surface area contributed by atoms with Gasteiger partial charge in [0.2, 0.25) is 5.91 Å². The number of nitrogens with zero attached hydrogens (tertiary/aromatic N) is 2. The Morgan fingerprint density at radius 2 is 2.39 bits per heavy atom. The zero-order valence-corrected chi connectivity index (χ0v) is 10.4. The van der Waals surface area contributed by atoms with Crippen molar-refractivity contribution < 1.29 is 19.4 Å². The molecular weight excluding hydrogens is 256 g/mol. The maximum Gasteiger partial charge on any atom is 0.308 e. The number of rotatable bonds is 2. The second-order valence-corrected chi connectivity index (χ2v) is 5.47. The highest BCUT2D eigenvalue weighted by Gasteiger charge is 2.37. The number of aliphatic carboxylic acids is 1. The molecule has 1 N–H and O–H groups in total. The van der Waals surface area contributed by atoms with Gasteiger partial charge in [-0.2, -0.15) is 0 Å². The predicted molar refractivity (Wildman–Crippen MR) is 63.6 cm³/mol. The molecule has 0 saturated carbocycles. The molecule has 0 aliphatic carbocycles. The van der Waals surface area contributed by atoms with Crippen LogP contribution in [0.15, 0.2) is 0 Å². The lowest BCUT2D eigenvalue weighted by Gasteiger charge is -2.11. The Balaban J connectivity index is 1.84. The summed E-state index contributed by atoms with van der Waals surface area (Å²) in [6, 6.07) is 0. The van der Waals surface area contributed by atoms with Crippen molar-refractivity contribution in [3.8, 4) is 0 Å². The second kappa shape index (κ2) is 4.33. The van der Waals surface area contributed by atoms with Crippen molar-refractivity contribution >= 4 is 28.3 Å². The number of hydrogen-bond donors (Lipinski definition) is 1. The molecule has 0 bridgehead atoms. The summed E-state index contributed by atoms with van der Waals surface area (Å²) >= 11 is 1.43. The lowest BCUT2D eigenvalue weighted by Crippen LogP contribution is -2.25. The molecule has 1 aromatic rings. The summed E-state index contributed by atoms with van der Waals surface area (Å²) in [6.45, 7) is 1.42. The number of ether oxygens (including phenoxy) is 1. The van der Waals surface area contributed by atoms with Crippen LogP contribution in [0.25, 0.3) is 0 Å². The van der Waals surface area contributed by atoms with Gasteiger partial charge in [-0.25, -0.2) is 4.98 Å². The van der Waals surface area contributed by atoms with E-state index in [1.807, 2.05) is 0 Å². The molecule has 2 aliphatic heterocycles. The Bertz CT molecular complexity index is 490. The topological polar surface area (TPSA) is 79.7 Å². The van der Waals surface area contributed by atoms with Crippen molar-refractivity contribution in [2.45, 2.75) is 19.4 Å². The van der Waals surface area contributed by atoms with Crippen molar-refractivity contribution in [1.82, 2.24) is 4.98 Å².